The van der Waals surface area contributed by atoms with Gasteiger partial charge >= 0.3 is 5.97 Å². The first-order valence-corrected chi connectivity index (χ1v) is 10.6. The molecule has 0 saturated carbocycles. The summed E-state index contributed by atoms with van der Waals surface area (Å²) in [6.45, 7) is 2.24. The Morgan fingerprint density at radius 1 is 0.704 bits per heavy atom. The number of carbonyl (C=O) groups is 1. The van der Waals surface area contributed by atoms with Gasteiger partial charge < -0.3 is 5.11 Å². The van der Waals surface area contributed by atoms with Crippen molar-refractivity contribution in [2.75, 3.05) is 0 Å². The van der Waals surface area contributed by atoms with E-state index < -0.39 is 11.4 Å². The Morgan fingerprint density at radius 3 is 1.52 bits per heavy atom. The van der Waals surface area contributed by atoms with E-state index in [-0.39, 0.29) is 0 Å². The van der Waals surface area contributed by atoms with Crippen molar-refractivity contribution in [1.29, 1.82) is 0 Å². The summed E-state index contributed by atoms with van der Waals surface area (Å²) in [6.07, 6.45) is 11.8. The smallest absolute Gasteiger partial charge is 0.318 e. The first-order valence-electron chi connectivity index (χ1n) is 10.6. The molecule has 0 amide bonds. The Balaban J connectivity index is 2.01. The molecule has 2 aromatic rings. The van der Waals surface area contributed by atoms with Crippen LogP contribution in [0.1, 0.15) is 82.3 Å². The molecule has 2 heteroatoms. The number of aliphatic carboxylic acids is 1. The first-order chi connectivity index (χ1) is 13.2. The summed E-state index contributed by atoms with van der Waals surface area (Å²) in [5, 5.41) is 10.3. The average Bonchev–Trinajstić information content (AvgIpc) is 2.71. The molecule has 0 atom stereocenters. The molecule has 0 aliphatic rings. The van der Waals surface area contributed by atoms with Crippen molar-refractivity contribution in [3.05, 3.63) is 71.8 Å². The maximum Gasteiger partial charge on any atom is 0.318 e. The van der Waals surface area contributed by atoms with Crippen LogP contribution in [0, 0.1) is 0 Å². The van der Waals surface area contributed by atoms with E-state index in [1.807, 2.05) is 60.7 Å². The van der Waals surface area contributed by atoms with Gasteiger partial charge in [0.15, 0.2) is 0 Å². The summed E-state index contributed by atoms with van der Waals surface area (Å²) in [7, 11) is 0. The second-order valence-corrected chi connectivity index (χ2v) is 7.52. The van der Waals surface area contributed by atoms with Gasteiger partial charge in [-0.3, -0.25) is 4.79 Å². The van der Waals surface area contributed by atoms with Crippen LogP contribution in [-0.2, 0) is 10.2 Å². The van der Waals surface area contributed by atoms with E-state index in [0.29, 0.717) is 6.42 Å². The van der Waals surface area contributed by atoms with Gasteiger partial charge in [0.2, 0.25) is 0 Å². The fraction of sp³-hybridized carbons (Fsp3) is 0.480. The molecule has 0 saturated heterocycles. The van der Waals surface area contributed by atoms with Crippen molar-refractivity contribution in [2.45, 2.75) is 76.5 Å². The highest BCUT2D eigenvalue weighted by molar-refractivity contribution is 5.86. The minimum atomic E-state index is -0.955. The van der Waals surface area contributed by atoms with Crippen molar-refractivity contribution in [2.24, 2.45) is 0 Å². The van der Waals surface area contributed by atoms with E-state index in [9.17, 15) is 9.90 Å². The normalized spacial score (nSPS) is 11.4. The van der Waals surface area contributed by atoms with E-state index in [4.69, 9.17) is 0 Å². The van der Waals surface area contributed by atoms with E-state index in [1.165, 1.54) is 44.9 Å². The third-order valence-electron chi connectivity index (χ3n) is 5.55. The maximum absolute atomic E-state index is 12.5. The summed E-state index contributed by atoms with van der Waals surface area (Å²) >= 11 is 0. The van der Waals surface area contributed by atoms with Gasteiger partial charge in [-0.15, -0.1) is 0 Å². The van der Waals surface area contributed by atoms with Gasteiger partial charge in [-0.25, -0.2) is 0 Å². The predicted octanol–water partition coefficient (Wildman–Crippen LogP) is 6.98. The molecule has 0 bridgehead atoms. The molecular formula is C25H34O2. The van der Waals surface area contributed by atoms with Crippen LogP contribution in [0.15, 0.2) is 60.7 Å². The standard InChI is InChI=1S/C25H34O2/c1-2-3-4-5-6-7-8-9-16-21-25(24(26)27,22-17-12-10-13-18-22)23-19-14-11-15-20-23/h10-15,17-20H,2-9,16,21H2,1H3,(H,26,27). The van der Waals surface area contributed by atoms with Crippen LogP contribution in [0.2, 0.25) is 0 Å². The Bertz CT molecular complexity index is 609. The lowest BCUT2D eigenvalue weighted by Gasteiger charge is -2.31. The lowest BCUT2D eigenvalue weighted by Crippen LogP contribution is -2.37. The average molecular weight is 367 g/mol. The van der Waals surface area contributed by atoms with Crippen molar-refractivity contribution in [3.8, 4) is 0 Å². The topological polar surface area (TPSA) is 37.3 Å². The van der Waals surface area contributed by atoms with Gasteiger partial charge in [-0.2, -0.15) is 0 Å². The second-order valence-electron chi connectivity index (χ2n) is 7.52. The van der Waals surface area contributed by atoms with E-state index in [0.717, 1.165) is 24.0 Å². The molecule has 0 spiro atoms. The Hall–Kier alpha value is -2.09. The van der Waals surface area contributed by atoms with Crippen LogP contribution in [-0.4, -0.2) is 11.1 Å². The van der Waals surface area contributed by atoms with E-state index in [1.54, 1.807) is 0 Å². The lowest BCUT2D eigenvalue weighted by molar-refractivity contribution is -0.142. The molecule has 0 radical (unpaired) electrons. The quantitative estimate of drug-likeness (QED) is 0.388. The third kappa shape index (κ3) is 5.95. The molecule has 146 valence electrons. The van der Waals surface area contributed by atoms with Gasteiger partial charge in [-0.1, -0.05) is 125 Å². The SMILES string of the molecule is CCCCCCCCCCCC(C(=O)O)(c1ccccc1)c1ccccc1. The zero-order chi connectivity index (χ0) is 19.4. The maximum atomic E-state index is 12.5. The largest absolute Gasteiger partial charge is 0.480 e. The van der Waals surface area contributed by atoms with Gasteiger partial charge in [0.05, 0.1) is 0 Å². The minimum Gasteiger partial charge on any atom is -0.480 e. The molecule has 0 aliphatic heterocycles. The second kappa shape index (κ2) is 11.6. The van der Waals surface area contributed by atoms with Crippen molar-refractivity contribution >= 4 is 5.97 Å². The van der Waals surface area contributed by atoms with Crippen molar-refractivity contribution in [3.63, 3.8) is 0 Å². The Morgan fingerprint density at radius 2 is 1.11 bits per heavy atom. The van der Waals surface area contributed by atoms with Crippen LogP contribution in [0.3, 0.4) is 0 Å². The zero-order valence-electron chi connectivity index (χ0n) is 16.7. The molecule has 0 fully saturated rings. The van der Waals surface area contributed by atoms with Crippen LogP contribution >= 0.6 is 0 Å². The first kappa shape index (κ1) is 21.2. The zero-order valence-corrected chi connectivity index (χ0v) is 16.7. The summed E-state index contributed by atoms with van der Waals surface area (Å²) in [5.41, 5.74) is 0.801. The summed E-state index contributed by atoms with van der Waals surface area (Å²) in [6, 6.07) is 19.4. The van der Waals surface area contributed by atoms with Gasteiger partial charge in [0, 0.05) is 0 Å². The molecule has 27 heavy (non-hydrogen) atoms. The van der Waals surface area contributed by atoms with Crippen molar-refractivity contribution in [1.82, 2.24) is 0 Å². The van der Waals surface area contributed by atoms with E-state index in [2.05, 4.69) is 6.92 Å². The van der Waals surface area contributed by atoms with Gasteiger partial charge in [-0.05, 0) is 17.5 Å². The lowest BCUT2D eigenvalue weighted by atomic mass is 9.71. The molecular weight excluding hydrogens is 332 g/mol. The Labute approximate surface area is 164 Å². The van der Waals surface area contributed by atoms with Crippen LogP contribution in [0.25, 0.3) is 0 Å². The molecule has 2 rings (SSSR count). The molecule has 0 unspecified atom stereocenters. The molecule has 0 aromatic heterocycles. The monoisotopic (exact) mass is 366 g/mol. The van der Waals surface area contributed by atoms with Crippen LogP contribution < -0.4 is 0 Å². The molecule has 1 N–H and O–H groups in total. The Kier molecular flexibility index (Phi) is 9.10. The molecule has 0 heterocycles. The summed E-state index contributed by atoms with van der Waals surface area (Å²) in [4.78, 5) is 12.5. The number of hydrogen-bond acceptors (Lipinski definition) is 1. The number of rotatable bonds is 13. The number of hydrogen-bond donors (Lipinski definition) is 1. The van der Waals surface area contributed by atoms with Gasteiger partial charge in [0.25, 0.3) is 0 Å². The van der Waals surface area contributed by atoms with E-state index >= 15 is 0 Å². The minimum absolute atomic E-state index is 0.645. The summed E-state index contributed by atoms with van der Waals surface area (Å²) < 4.78 is 0. The van der Waals surface area contributed by atoms with Crippen LogP contribution in [0.5, 0.6) is 0 Å². The fourth-order valence-electron chi connectivity index (χ4n) is 3.96. The van der Waals surface area contributed by atoms with Crippen molar-refractivity contribution < 1.29 is 9.90 Å². The molecule has 0 aliphatic carbocycles. The predicted molar refractivity (Wildman–Crippen MR) is 113 cm³/mol. The number of carboxylic acid groups (broad SMARTS) is 1. The fourth-order valence-corrected chi connectivity index (χ4v) is 3.96. The highest BCUT2D eigenvalue weighted by Crippen LogP contribution is 2.38. The van der Waals surface area contributed by atoms with Gasteiger partial charge in [0.1, 0.15) is 5.41 Å². The highest BCUT2D eigenvalue weighted by atomic mass is 16.4. The highest BCUT2D eigenvalue weighted by Gasteiger charge is 2.41. The summed E-state index contributed by atoms with van der Waals surface area (Å²) in [5.74, 6) is -0.750. The van der Waals surface area contributed by atoms with Crippen LogP contribution in [0.4, 0.5) is 0 Å². The third-order valence-corrected chi connectivity index (χ3v) is 5.55. The number of benzene rings is 2. The number of unbranched alkanes of at least 4 members (excludes halogenated alkanes) is 8. The molecule has 2 aromatic carbocycles. The molecule has 2 nitrogen and oxygen atoms in total. The number of carboxylic acids is 1.